The number of carbonyl (C=O) groups excluding carboxylic acids is 1. The molecule has 1 aromatic heterocycles. The van der Waals surface area contributed by atoms with Crippen molar-refractivity contribution in [3.05, 3.63) is 107 Å². The van der Waals surface area contributed by atoms with Gasteiger partial charge >= 0.3 is 0 Å². The number of amides is 1. The Balaban J connectivity index is 1.82. The molecule has 0 spiro atoms. The van der Waals surface area contributed by atoms with Crippen LogP contribution in [0, 0.1) is 18.3 Å². The van der Waals surface area contributed by atoms with Crippen molar-refractivity contribution in [1.82, 2.24) is 10.3 Å². The van der Waals surface area contributed by atoms with E-state index in [2.05, 4.69) is 16.4 Å². The summed E-state index contributed by atoms with van der Waals surface area (Å²) >= 11 is 0. The second-order valence-corrected chi connectivity index (χ2v) is 6.98. The SMILES string of the molecule is Cc1nc(C(=O)NC(c2ccccc2)c2c(O)ccc3ccccc23)ccc1C#N. The lowest BCUT2D eigenvalue weighted by molar-refractivity contribution is 0.0937. The second-order valence-electron chi connectivity index (χ2n) is 6.98. The molecule has 146 valence electrons. The molecule has 1 heterocycles. The molecular weight excluding hydrogens is 374 g/mol. The van der Waals surface area contributed by atoms with E-state index in [9.17, 15) is 9.90 Å². The average molecular weight is 393 g/mol. The number of aromatic nitrogens is 1. The Labute approximate surface area is 174 Å². The molecule has 4 rings (SSSR count). The number of fused-ring (bicyclic) bond motifs is 1. The number of nitrogens with zero attached hydrogens (tertiary/aromatic N) is 2. The van der Waals surface area contributed by atoms with Gasteiger partial charge in [0, 0.05) is 5.56 Å². The molecule has 0 aliphatic carbocycles. The fourth-order valence-electron chi connectivity index (χ4n) is 3.57. The first-order chi connectivity index (χ1) is 14.6. The number of benzene rings is 3. The fraction of sp³-hybridized carbons (Fsp3) is 0.0800. The molecule has 4 aromatic rings. The minimum Gasteiger partial charge on any atom is -0.508 e. The molecular formula is C25H19N3O2. The van der Waals surface area contributed by atoms with E-state index >= 15 is 0 Å². The third-order valence-corrected chi connectivity index (χ3v) is 5.08. The quantitative estimate of drug-likeness (QED) is 0.529. The molecule has 1 atom stereocenters. The van der Waals surface area contributed by atoms with Gasteiger partial charge in [-0.15, -0.1) is 0 Å². The normalized spacial score (nSPS) is 11.6. The van der Waals surface area contributed by atoms with Crippen LogP contribution in [0.25, 0.3) is 10.8 Å². The van der Waals surface area contributed by atoms with Gasteiger partial charge in [0.2, 0.25) is 0 Å². The van der Waals surface area contributed by atoms with Crippen molar-refractivity contribution in [3.8, 4) is 11.8 Å². The predicted molar refractivity (Wildman–Crippen MR) is 115 cm³/mol. The van der Waals surface area contributed by atoms with Crippen LogP contribution in [0.4, 0.5) is 0 Å². The van der Waals surface area contributed by atoms with E-state index in [0.717, 1.165) is 16.3 Å². The summed E-state index contributed by atoms with van der Waals surface area (Å²) in [5.74, 6) is -0.282. The standard InChI is InChI=1S/C25H19N3O2/c1-16-19(15-26)11-13-21(27-16)25(30)28-24(18-8-3-2-4-9-18)23-20-10-6-5-7-17(20)12-14-22(23)29/h2-14,24,29H,1H3,(H,28,30). The van der Waals surface area contributed by atoms with Gasteiger partial charge in [0.05, 0.1) is 17.3 Å². The van der Waals surface area contributed by atoms with Crippen molar-refractivity contribution >= 4 is 16.7 Å². The van der Waals surface area contributed by atoms with Crippen LogP contribution in [-0.4, -0.2) is 16.0 Å². The van der Waals surface area contributed by atoms with E-state index < -0.39 is 6.04 Å². The van der Waals surface area contributed by atoms with E-state index in [1.165, 1.54) is 6.07 Å². The highest BCUT2D eigenvalue weighted by molar-refractivity contribution is 5.94. The molecule has 0 saturated carbocycles. The molecule has 30 heavy (non-hydrogen) atoms. The van der Waals surface area contributed by atoms with Crippen molar-refractivity contribution in [2.24, 2.45) is 0 Å². The van der Waals surface area contributed by atoms with Crippen molar-refractivity contribution in [1.29, 1.82) is 5.26 Å². The molecule has 0 aliphatic heterocycles. The number of hydrogen-bond donors (Lipinski definition) is 2. The predicted octanol–water partition coefficient (Wildman–Crippen LogP) is 4.64. The number of carbonyl (C=O) groups is 1. The lowest BCUT2D eigenvalue weighted by atomic mass is 9.92. The van der Waals surface area contributed by atoms with Gasteiger partial charge in [-0.25, -0.2) is 4.98 Å². The highest BCUT2D eigenvalue weighted by Crippen LogP contribution is 2.36. The van der Waals surface area contributed by atoms with Crippen LogP contribution >= 0.6 is 0 Å². The summed E-state index contributed by atoms with van der Waals surface area (Å²) in [6.45, 7) is 1.69. The van der Waals surface area contributed by atoms with Crippen molar-refractivity contribution < 1.29 is 9.90 Å². The molecule has 0 saturated heterocycles. The van der Waals surface area contributed by atoms with Gasteiger partial charge in [0.25, 0.3) is 5.91 Å². The number of aromatic hydroxyl groups is 1. The molecule has 0 aliphatic rings. The number of nitriles is 1. The maximum atomic E-state index is 13.1. The Bertz CT molecular complexity index is 1280. The van der Waals surface area contributed by atoms with E-state index in [4.69, 9.17) is 5.26 Å². The van der Waals surface area contributed by atoms with Crippen molar-refractivity contribution in [2.45, 2.75) is 13.0 Å². The second kappa shape index (κ2) is 8.06. The molecule has 0 radical (unpaired) electrons. The molecule has 0 bridgehead atoms. The summed E-state index contributed by atoms with van der Waals surface area (Å²) in [4.78, 5) is 17.3. The number of phenolic OH excluding ortho intramolecular Hbond substituents is 1. The van der Waals surface area contributed by atoms with Crippen molar-refractivity contribution in [2.75, 3.05) is 0 Å². The summed E-state index contributed by atoms with van der Waals surface area (Å²) in [7, 11) is 0. The van der Waals surface area contributed by atoms with Crippen LogP contribution in [0.2, 0.25) is 0 Å². The lowest BCUT2D eigenvalue weighted by Crippen LogP contribution is -2.30. The van der Waals surface area contributed by atoms with Gasteiger partial charge in [0.15, 0.2) is 0 Å². The number of aryl methyl sites for hydroxylation is 1. The summed E-state index contributed by atoms with van der Waals surface area (Å²) in [6.07, 6.45) is 0. The molecule has 5 heteroatoms. The van der Waals surface area contributed by atoms with Gasteiger partial charge in [0.1, 0.15) is 17.5 Å². The van der Waals surface area contributed by atoms with Gasteiger partial charge in [-0.2, -0.15) is 5.26 Å². The van der Waals surface area contributed by atoms with Gasteiger partial charge in [-0.1, -0.05) is 60.7 Å². The van der Waals surface area contributed by atoms with Crippen LogP contribution in [0.1, 0.15) is 38.9 Å². The Morgan fingerprint density at radius 3 is 2.47 bits per heavy atom. The number of phenols is 1. The summed E-state index contributed by atoms with van der Waals surface area (Å²) in [5, 5.41) is 24.7. The van der Waals surface area contributed by atoms with E-state index in [-0.39, 0.29) is 17.4 Å². The Morgan fingerprint density at radius 2 is 1.73 bits per heavy atom. The minimum atomic E-state index is -0.581. The molecule has 2 N–H and O–H groups in total. The number of rotatable bonds is 4. The first kappa shape index (κ1) is 19.2. The van der Waals surface area contributed by atoms with Gasteiger partial charge in [-0.05, 0) is 41.5 Å². The number of hydrogen-bond acceptors (Lipinski definition) is 4. The largest absolute Gasteiger partial charge is 0.508 e. The lowest BCUT2D eigenvalue weighted by Gasteiger charge is -2.22. The molecule has 1 unspecified atom stereocenters. The van der Waals surface area contributed by atoms with Crippen LogP contribution in [0.5, 0.6) is 5.75 Å². The first-order valence-electron chi connectivity index (χ1n) is 9.52. The summed E-state index contributed by atoms with van der Waals surface area (Å²) < 4.78 is 0. The third-order valence-electron chi connectivity index (χ3n) is 5.08. The van der Waals surface area contributed by atoms with Gasteiger partial charge in [-0.3, -0.25) is 4.79 Å². The number of pyridine rings is 1. The number of nitrogens with one attached hydrogen (secondary N) is 1. The monoisotopic (exact) mass is 393 g/mol. The summed E-state index contributed by atoms with van der Waals surface area (Å²) in [6, 6.07) is 25.3. The smallest absolute Gasteiger partial charge is 0.270 e. The molecule has 1 amide bonds. The zero-order valence-corrected chi connectivity index (χ0v) is 16.3. The Morgan fingerprint density at radius 1 is 1.00 bits per heavy atom. The maximum Gasteiger partial charge on any atom is 0.270 e. The van der Waals surface area contributed by atoms with Crippen LogP contribution in [0.3, 0.4) is 0 Å². The molecule has 0 fully saturated rings. The average Bonchev–Trinajstić information content (AvgIpc) is 2.78. The maximum absolute atomic E-state index is 13.1. The highest BCUT2D eigenvalue weighted by atomic mass is 16.3. The van der Waals surface area contributed by atoms with Gasteiger partial charge < -0.3 is 10.4 Å². The molecule has 3 aromatic carbocycles. The topological polar surface area (TPSA) is 86.0 Å². The van der Waals surface area contributed by atoms with E-state index in [1.54, 1.807) is 19.1 Å². The Hall–Kier alpha value is -4.17. The molecule has 5 nitrogen and oxygen atoms in total. The Kier molecular flexibility index (Phi) is 5.15. The minimum absolute atomic E-state index is 0.104. The van der Waals surface area contributed by atoms with Crippen LogP contribution < -0.4 is 5.32 Å². The zero-order chi connectivity index (χ0) is 21.1. The zero-order valence-electron chi connectivity index (χ0n) is 16.3. The fourth-order valence-corrected chi connectivity index (χ4v) is 3.57. The van der Waals surface area contributed by atoms with Crippen molar-refractivity contribution in [3.63, 3.8) is 0 Å². The van der Waals surface area contributed by atoms with Crippen LogP contribution in [-0.2, 0) is 0 Å². The highest BCUT2D eigenvalue weighted by Gasteiger charge is 2.23. The summed E-state index contributed by atoms with van der Waals surface area (Å²) in [5.41, 5.74) is 2.60. The first-order valence-corrected chi connectivity index (χ1v) is 9.52. The van der Waals surface area contributed by atoms with Crippen LogP contribution in [0.15, 0.2) is 78.9 Å². The third kappa shape index (κ3) is 3.59. The van der Waals surface area contributed by atoms with E-state index in [0.29, 0.717) is 16.8 Å². The van der Waals surface area contributed by atoms with E-state index in [1.807, 2.05) is 60.7 Å².